The van der Waals surface area contributed by atoms with Gasteiger partial charge in [0, 0.05) is 0 Å². The zero-order valence-electron chi connectivity index (χ0n) is 9.84. The summed E-state index contributed by atoms with van der Waals surface area (Å²) < 4.78 is 0. The third kappa shape index (κ3) is 1.89. The van der Waals surface area contributed by atoms with E-state index in [1.165, 1.54) is 0 Å². The summed E-state index contributed by atoms with van der Waals surface area (Å²) in [6.45, 7) is 0. The molecule has 2 N–H and O–H groups in total. The van der Waals surface area contributed by atoms with E-state index in [9.17, 15) is 4.79 Å². The Morgan fingerprint density at radius 1 is 0.778 bits per heavy atom. The standard InChI is InChI=1S/C15H14N2O/c18-15-13(11-7-3-1-4-8-11)14(16-17-15)12-9-5-2-6-10-12/h1-10,13-14,16H,(H,17,18)/t13?,14-/m0/s1. The van der Waals surface area contributed by atoms with Crippen molar-refractivity contribution in [2.75, 3.05) is 0 Å². The first-order valence-electron chi connectivity index (χ1n) is 6.01. The van der Waals surface area contributed by atoms with Crippen LogP contribution in [0.5, 0.6) is 0 Å². The van der Waals surface area contributed by atoms with Crippen LogP contribution >= 0.6 is 0 Å². The van der Waals surface area contributed by atoms with E-state index < -0.39 is 0 Å². The first kappa shape index (κ1) is 11.0. The highest BCUT2D eigenvalue weighted by molar-refractivity contribution is 5.86. The molecule has 1 heterocycles. The van der Waals surface area contributed by atoms with E-state index in [0.29, 0.717) is 0 Å². The smallest absolute Gasteiger partial charge is 0.243 e. The fourth-order valence-electron chi connectivity index (χ4n) is 2.40. The van der Waals surface area contributed by atoms with Crippen LogP contribution in [0.4, 0.5) is 0 Å². The fraction of sp³-hybridized carbons (Fsp3) is 0.133. The fourth-order valence-corrected chi connectivity index (χ4v) is 2.40. The molecule has 0 bridgehead atoms. The van der Waals surface area contributed by atoms with Crippen molar-refractivity contribution in [3.63, 3.8) is 0 Å². The average Bonchev–Trinajstić information content (AvgIpc) is 2.83. The Morgan fingerprint density at radius 3 is 1.94 bits per heavy atom. The second-order valence-corrected chi connectivity index (χ2v) is 4.41. The molecule has 1 saturated heterocycles. The quantitative estimate of drug-likeness (QED) is 0.841. The second kappa shape index (κ2) is 4.63. The minimum Gasteiger partial charge on any atom is -0.290 e. The van der Waals surface area contributed by atoms with E-state index in [2.05, 4.69) is 10.9 Å². The number of nitrogens with one attached hydrogen (secondary N) is 2. The molecule has 3 nitrogen and oxygen atoms in total. The molecule has 1 aliphatic rings. The van der Waals surface area contributed by atoms with Gasteiger partial charge in [-0.3, -0.25) is 10.2 Å². The largest absolute Gasteiger partial charge is 0.290 e. The minimum absolute atomic E-state index is 0.0129. The van der Waals surface area contributed by atoms with Crippen LogP contribution in [0.1, 0.15) is 23.1 Å². The molecule has 0 radical (unpaired) electrons. The number of amides is 1. The summed E-state index contributed by atoms with van der Waals surface area (Å²) in [6, 6.07) is 19.9. The van der Waals surface area contributed by atoms with Gasteiger partial charge in [-0.15, -0.1) is 0 Å². The maximum atomic E-state index is 12.0. The van der Waals surface area contributed by atoms with Gasteiger partial charge in [0.25, 0.3) is 0 Å². The van der Waals surface area contributed by atoms with Crippen molar-refractivity contribution < 1.29 is 4.79 Å². The number of hydrogen-bond donors (Lipinski definition) is 2. The number of benzene rings is 2. The predicted molar refractivity (Wildman–Crippen MR) is 69.6 cm³/mol. The normalized spacial score (nSPS) is 22.8. The van der Waals surface area contributed by atoms with Gasteiger partial charge in [0.2, 0.25) is 5.91 Å². The molecule has 2 aromatic rings. The van der Waals surface area contributed by atoms with Gasteiger partial charge in [-0.2, -0.15) is 0 Å². The van der Waals surface area contributed by atoms with Crippen molar-refractivity contribution in [1.82, 2.24) is 10.9 Å². The molecule has 0 saturated carbocycles. The van der Waals surface area contributed by atoms with Gasteiger partial charge in [0.15, 0.2) is 0 Å². The maximum absolute atomic E-state index is 12.0. The first-order valence-corrected chi connectivity index (χ1v) is 6.01. The van der Waals surface area contributed by atoms with E-state index in [4.69, 9.17) is 0 Å². The van der Waals surface area contributed by atoms with Crippen LogP contribution in [-0.4, -0.2) is 5.91 Å². The van der Waals surface area contributed by atoms with Gasteiger partial charge in [0.05, 0.1) is 12.0 Å². The summed E-state index contributed by atoms with van der Waals surface area (Å²) in [5.41, 5.74) is 7.95. The molecule has 3 heteroatoms. The zero-order valence-corrected chi connectivity index (χ0v) is 9.84. The van der Waals surface area contributed by atoms with Crippen molar-refractivity contribution in [2.45, 2.75) is 12.0 Å². The predicted octanol–water partition coefficient (Wildman–Crippen LogP) is 2.15. The molecule has 1 amide bonds. The summed E-state index contributed by atoms with van der Waals surface area (Å²) in [7, 11) is 0. The van der Waals surface area contributed by atoms with Crippen LogP contribution in [0.2, 0.25) is 0 Å². The van der Waals surface area contributed by atoms with Crippen LogP contribution in [-0.2, 0) is 4.79 Å². The van der Waals surface area contributed by atoms with Crippen LogP contribution in [0.25, 0.3) is 0 Å². The summed E-state index contributed by atoms with van der Waals surface area (Å²) in [6.07, 6.45) is 0. The molecule has 18 heavy (non-hydrogen) atoms. The highest BCUT2D eigenvalue weighted by atomic mass is 16.2. The summed E-state index contributed by atoms with van der Waals surface area (Å²) in [4.78, 5) is 12.0. The van der Waals surface area contributed by atoms with Gasteiger partial charge in [-0.05, 0) is 11.1 Å². The summed E-state index contributed by atoms with van der Waals surface area (Å²) in [5.74, 6) is -0.149. The minimum atomic E-state index is -0.173. The van der Waals surface area contributed by atoms with Gasteiger partial charge in [0.1, 0.15) is 0 Å². The van der Waals surface area contributed by atoms with Gasteiger partial charge >= 0.3 is 0 Å². The topological polar surface area (TPSA) is 41.1 Å². The Morgan fingerprint density at radius 2 is 1.33 bits per heavy atom. The molecule has 2 atom stereocenters. The van der Waals surface area contributed by atoms with Crippen LogP contribution in [0.15, 0.2) is 60.7 Å². The Kier molecular flexibility index (Phi) is 2.82. The zero-order chi connectivity index (χ0) is 12.4. The van der Waals surface area contributed by atoms with Crippen molar-refractivity contribution in [3.05, 3.63) is 71.8 Å². The number of hydrogen-bond acceptors (Lipinski definition) is 2. The number of carbonyl (C=O) groups excluding carboxylic acids is 1. The number of rotatable bonds is 2. The lowest BCUT2D eigenvalue weighted by Gasteiger charge is -2.17. The van der Waals surface area contributed by atoms with E-state index in [1.807, 2.05) is 60.7 Å². The van der Waals surface area contributed by atoms with Crippen molar-refractivity contribution >= 4 is 5.91 Å². The van der Waals surface area contributed by atoms with Gasteiger partial charge < -0.3 is 0 Å². The molecule has 2 aromatic carbocycles. The Hall–Kier alpha value is -2.13. The molecular weight excluding hydrogens is 224 g/mol. The summed E-state index contributed by atoms with van der Waals surface area (Å²) in [5, 5.41) is 0. The van der Waals surface area contributed by atoms with E-state index in [-0.39, 0.29) is 17.9 Å². The molecule has 0 aliphatic carbocycles. The lowest BCUT2D eigenvalue weighted by molar-refractivity contribution is -0.120. The lowest BCUT2D eigenvalue weighted by atomic mass is 9.88. The molecule has 1 aliphatic heterocycles. The van der Waals surface area contributed by atoms with Crippen LogP contribution < -0.4 is 10.9 Å². The molecule has 90 valence electrons. The van der Waals surface area contributed by atoms with Crippen molar-refractivity contribution in [2.24, 2.45) is 0 Å². The second-order valence-electron chi connectivity index (χ2n) is 4.41. The molecule has 1 unspecified atom stereocenters. The van der Waals surface area contributed by atoms with E-state index >= 15 is 0 Å². The van der Waals surface area contributed by atoms with E-state index in [1.54, 1.807) is 0 Å². The highest BCUT2D eigenvalue weighted by Crippen LogP contribution is 2.33. The molecule has 1 fully saturated rings. The van der Waals surface area contributed by atoms with Crippen molar-refractivity contribution in [3.8, 4) is 0 Å². The van der Waals surface area contributed by atoms with Crippen molar-refractivity contribution in [1.29, 1.82) is 0 Å². The van der Waals surface area contributed by atoms with Crippen LogP contribution in [0.3, 0.4) is 0 Å². The monoisotopic (exact) mass is 238 g/mol. The average molecular weight is 238 g/mol. The Balaban J connectivity index is 1.98. The third-order valence-electron chi connectivity index (χ3n) is 3.28. The molecule has 0 spiro atoms. The molecular formula is C15H14N2O. The van der Waals surface area contributed by atoms with Gasteiger partial charge in [-0.1, -0.05) is 60.7 Å². The Labute approximate surface area is 106 Å². The van der Waals surface area contributed by atoms with Gasteiger partial charge in [-0.25, -0.2) is 5.43 Å². The van der Waals surface area contributed by atoms with E-state index in [0.717, 1.165) is 11.1 Å². The number of carbonyl (C=O) groups is 1. The molecule has 0 aromatic heterocycles. The lowest BCUT2D eigenvalue weighted by Crippen LogP contribution is -2.27. The highest BCUT2D eigenvalue weighted by Gasteiger charge is 2.36. The molecule has 3 rings (SSSR count). The third-order valence-corrected chi connectivity index (χ3v) is 3.28. The maximum Gasteiger partial charge on any atom is 0.243 e. The SMILES string of the molecule is O=C1NN[C@@H](c2ccccc2)C1c1ccccc1. The Bertz CT molecular complexity index is 539. The number of hydrazine groups is 1. The van der Waals surface area contributed by atoms with Crippen LogP contribution in [0, 0.1) is 0 Å². The first-order chi connectivity index (χ1) is 8.86. The summed E-state index contributed by atoms with van der Waals surface area (Å²) >= 11 is 0.